The second-order valence-electron chi connectivity index (χ2n) is 7.67. The van der Waals surface area contributed by atoms with Gasteiger partial charge in [-0.3, -0.25) is 9.59 Å². The molecule has 0 saturated heterocycles. The van der Waals surface area contributed by atoms with E-state index in [1.165, 1.54) is 23.3 Å². The van der Waals surface area contributed by atoms with E-state index in [0.717, 1.165) is 11.3 Å². The summed E-state index contributed by atoms with van der Waals surface area (Å²) >= 11 is 0. The van der Waals surface area contributed by atoms with Gasteiger partial charge >= 0.3 is 0 Å². The summed E-state index contributed by atoms with van der Waals surface area (Å²) in [4.78, 5) is 29.5. The van der Waals surface area contributed by atoms with Crippen LogP contribution in [0.5, 0.6) is 0 Å². The molecule has 3 heterocycles. The molecule has 0 saturated carbocycles. The Hall–Kier alpha value is -3.35. The quantitative estimate of drug-likeness (QED) is 0.646. The summed E-state index contributed by atoms with van der Waals surface area (Å²) in [5, 5.41) is 0. The number of benzene rings is 1. The van der Waals surface area contributed by atoms with Crippen molar-refractivity contribution >= 4 is 11.8 Å². The van der Waals surface area contributed by atoms with Crippen LogP contribution in [0.2, 0.25) is 0 Å². The second kappa shape index (κ2) is 8.18. The maximum Gasteiger partial charge on any atom is 0.290 e. The van der Waals surface area contributed by atoms with Gasteiger partial charge in [0.05, 0.1) is 12.3 Å². The van der Waals surface area contributed by atoms with Crippen LogP contribution in [0.1, 0.15) is 41.7 Å². The van der Waals surface area contributed by atoms with Crippen LogP contribution in [0.3, 0.4) is 0 Å². The van der Waals surface area contributed by atoms with Gasteiger partial charge < -0.3 is 18.8 Å². The van der Waals surface area contributed by atoms with E-state index < -0.39 is 0 Å². The summed E-state index contributed by atoms with van der Waals surface area (Å²) in [7, 11) is 0. The van der Waals surface area contributed by atoms with Crippen molar-refractivity contribution in [3.8, 4) is 0 Å². The minimum Gasteiger partial charge on any atom is -0.459 e. The molecule has 2 amide bonds. The minimum absolute atomic E-state index is 0.0599. The second-order valence-corrected chi connectivity index (χ2v) is 7.67. The maximum absolute atomic E-state index is 13.5. The van der Waals surface area contributed by atoms with Gasteiger partial charge in [0, 0.05) is 31.0 Å². The Morgan fingerprint density at radius 3 is 2.57 bits per heavy atom. The molecule has 0 radical (unpaired) electrons. The van der Waals surface area contributed by atoms with Gasteiger partial charge in [0.15, 0.2) is 5.76 Å². The molecule has 0 N–H and O–H groups in total. The molecular formula is C23H24FN3O3. The van der Waals surface area contributed by atoms with Crippen molar-refractivity contribution in [2.75, 3.05) is 13.1 Å². The molecule has 3 aromatic rings. The molecule has 0 spiro atoms. The first kappa shape index (κ1) is 19.9. The highest BCUT2D eigenvalue weighted by atomic mass is 19.1. The highest BCUT2D eigenvalue weighted by Gasteiger charge is 2.34. The maximum atomic E-state index is 13.5. The lowest BCUT2D eigenvalue weighted by atomic mass is 9.99. The van der Waals surface area contributed by atoms with Crippen molar-refractivity contribution in [2.24, 2.45) is 0 Å². The van der Waals surface area contributed by atoms with Crippen LogP contribution in [0, 0.1) is 5.82 Å². The number of hydrogen-bond donors (Lipinski definition) is 0. The molecule has 0 bridgehead atoms. The van der Waals surface area contributed by atoms with Gasteiger partial charge in [0.1, 0.15) is 12.4 Å². The SMILES string of the molecule is CC(C)N(CC(=O)N1CCn2cccc2[C@@H]1c1ccc(F)cc1)C(=O)c1ccco1. The fraction of sp³-hybridized carbons (Fsp3) is 0.304. The van der Waals surface area contributed by atoms with Crippen molar-refractivity contribution in [1.29, 1.82) is 0 Å². The van der Waals surface area contributed by atoms with E-state index in [9.17, 15) is 14.0 Å². The van der Waals surface area contributed by atoms with Crippen LogP contribution in [0.25, 0.3) is 0 Å². The number of furan rings is 1. The Balaban J connectivity index is 1.63. The summed E-state index contributed by atoms with van der Waals surface area (Å²) < 4.78 is 20.8. The molecule has 1 atom stereocenters. The van der Waals surface area contributed by atoms with Crippen LogP contribution in [0.4, 0.5) is 4.39 Å². The smallest absolute Gasteiger partial charge is 0.290 e. The van der Waals surface area contributed by atoms with E-state index in [1.807, 2.05) is 32.2 Å². The fourth-order valence-electron chi connectivity index (χ4n) is 3.92. The fourth-order valence-corrected chi connectivity index (χ4v) is 3.92. The summed E-state index contributed by atoms with van der Waals surface area (Å²) in [6.07, 6.45) is 3.42. The third-order valence-electron chi connectivity index (χ3n) is 5.47. The standard InChI is InChI=1S/C23H24FN3O3/c1-16(2)27(23(29)20-6-4-14-30-20)15-21(28)26-13-12-25-11-3-5-19(25)22(26)17-7-9-18(24)10-8-17/h3-11,14,16,22H,12-13,15H2,1-2H3/t22-/m0/s1. The van der Waals surface area contributed by atoms with Crippen molar-refractivity contribution in [3.63, 3.8) is 0 Å². The van der Waals surface area contributed by atoms with Crippen LogP contribution in [-0.4, -0.2) is 45.3 Å². The zero-order valence-electron chi connectivity index (χ0n) is 17.0. The first-order valence-electron chi connectivity index (χ1n) is 10.00. The Morgan fingerprint density at radius 1 is 1.13 bits per heavy atom. The number of halogens is 1. The van der Waals surface area contributed by atoms with Crippen molar-refractivity contribution in [1.82, 2.24) is 14.4 Å². The Morgan fingerprint density at radius 2 is 1.90 bits per heavy atom. The monoisotopic (exact) mass is 409 g/mol. The molecule has 2 aromatic heterocycles. The van der Waals surface area contributed by atoms with Crippen molar-refractivity contribution in [3.05, 3.63) is 83.8 Å². The third kappa shape index (κ3) is 3.75. The van der Waals surface area contributed by atoms with Crippen molar-refractivity contribution in [2.45, 2.75) is 32.5 Å². The van der Waals surface area contributed by atoms with Crippen LogP contribution in [0.15, 0.2) is 65.4 Å². The van der Waals surface area contributed by atoms with E-state index in [1.54, 1.807) is 29.2 Å². The first-order valence-corrected chi connectivity index (χ1v) is 10.00. The number of carbonyl (C=O) groups is 2. The molecule has 7 heteroatoms. The number of rotatable bonds is 5. The predicted molar refractivity (Wildman–Crippen MR) is 109 cm³/mol. The minimum atomic E-state index is -0.338. The normalized spacial score (nSPS) is 15.9. The molecule has 156 valence electrons. The highest BCUT2D eigenvalue weighted by Crippen LogP contribution is 2.32. The van der Waals surface area contributed by atoms with Crippen LogP contribution >= 0.6 is 0 Å². The van der Waals surface area contributed by atoms with Gasteiger partial charge in [-0.2, -0.15) is 0 Å². The highest BCUT2D eigenvalue weighted by molar-refractivity contribution is 5.94. The van der Waals surface area contributed by atoms with Gasteiger partial charge in [0.25, 0.3) is 5.91 Å². The summed E-state index contributed by atoms with van der Waals surface area (Å²) in [6, 6.07) is 12.9. The van der Waals surface area contributed by atoms with Crippen LogP contribution < -0.4 is 0 Å². The Labute approximate surface area is 174 Å². The molecule has 0 aliphatic carbocycles. The van der Waals surface area contributed by atoms with Gasteiger partial charge in [-0.15, -0.1) is 0 Å². The number of carbonyl (C=O) groups excluding carboxylic acids is 2. The average molecular weight is 409 g/mol. The van der Waals surface area contributed by atoms with E-state index >= 15 is 0 Å². The number of nitrogens with zero attached hydrogens (tertiary/aromatic N) is 3. The molecule has 0 unspecified atom stereocenters. The third-order valence-corrected chi connectivity index (χ3v) is 5.47. The Kier molecular flexibility index (Phi) is 5.44. The van der Waals surface area contributed by atoms with Crippen LogP contribution in [-0.2, 0) is 11.3 Å². The average Bonchev–Trinajstić information content (AvgIpc) is 3.43. The van der Waals surface area contributed by atoms with Gasteiger partial charge in [-0.1, -0.05) is 12.1 Å². The number of amides is 2. The lowest BCUT2D eigenvalue weighted by Crippen LogP contribution is -2.49. The zero-order chi connectivity index (χ0) is 21.3. The van der Waals surface area contributed by atoms with Gasteiger partial charge in [-0.25, -0.2) is 4.39 Å². The summed E-state index contributed by atoms with van der Waals surface area (Å²) in [5.41, 5.74) is 1.80. The van der Waals surface area contributed by atoms with Crippen molar-refractivity contribution < 1.29 is 18.4 Å². The number of fused-ring (bicyclic) bond motifs is 1. The van der Waals surface area contributed by atoms with E-state index in [4.69, 9.17) is 4.42 Å². The molecule has 1 aliphatic rings. The molecule has 6 nitrogen and oxygen atoms in total. The number of hydrogen-bond acceptors (Lipinski definition) is 3. The molecule has 0 fully saturated rings. The Bertz CT molecular complexity index is 1020. The zero-order valence-corrected chi connectivity index (χ0v) is 17.0. The lowest BCUT2D eigenvalue weighted by Gasteiger charge is -2.39. The first-order chi connectivity index (χ1) is 14.5. The van der Waals surface area contributed by atoms with Gasteiger partial charge in [-0.05, 0) is 55.8 Å². The van der Waals surface area contributed by atoms with Gasteiger partial charge in [0.2, 0.25) is 5.91 Å². The number of aromatic nitrogens is 1. The molecule has 1 aliphatic heterocycles. The lowest BCUT2D eigenvalue weighted by molar-refractivity contribution is -0.135. The molecule has 1 aromatic carbocycles. The largest absolute Gasteiger partial charge is 0.459 e. The van der Waals surface area contributed by atoms with E-state index in [0.29, 0.717) is 13.1 Å². The summed E-state index contributed by atoms with van der Waals surface area (Å²) in [6.45, 7) is 4.85. The van der Waals surface area contributed by atoms with E-state index in [2.05, 4.69) is 4.57 Å². The summed E-state index contributed by atoms with van der Waals surface area (Å²) in [5.74, 6) is -0.593. The predicted octanol–water partition coefficient (Wildman–Crippen LogP) is 3.70. The molecular weight excluding hydrogens is 385 g/mol. The molecule has 30 heavy (non-hydrogen) atoms. The van der Waals surface area contributed by atoms with E-state index in [-0.39, 0.29) is 42.0 Å². The topological polar surface area (TPSA) is 58.7 Å². The molecule has 4 rings (SSSR count).